The third kappa shape index (κ3) is 6.88. The van der Waals surface area contributed by atoms with Gasteiger partial charge < -0.3 is 4.57 Å². The van der Waals surface area contributed by atoms with Crippen molar-refractivity contribution in [1.29, 1.82) is 0 Å². The Labute approximate surface area is 319 Å². The van der Waals surface area contributed by atoms with Crippen LogP contribution in [0.15, 0.2) is 191 Å². The molecule has 1 unspecified atom stereocenters. The number of hydrogen-bond acceptors (Lipinski definition) is 3. The summed E-state index contributed by atoms with van der Waals surface area (Å²) >= 11 is 1.84. The molecule has 0 fully saturated rings. The molecule has 1 aromatic heterocycles. The first-order valence-corrected chi connectivity index (χ1v) is 19.9. The molecule has 0 radical (unpaired) electrons. The molecule has 9 rings (SSSR count). The van der Waals surface area contributed by atoms with Gasteiger partial charge in [-0.05, 0) is 96.3 Å². The Bertz CT molecular complexity index is 2410. The fourth-order valence-electron chi connectivity index (χ4n) is 7.48. The van der Waals surface area contributed by atoms with E-state index in [1.54, 1.807) is 0 Å². The number of aromatic nitrogens is 1. The van der Waals surface area contributed by atoms with Crippen LogP contribution in [0.1, 0.15) is 57.6 Å². The van der Waals surface area contributed by atoms with Crippen LogP contribution >= 0.6 is 11.8 Å². The summed E-state index contributed by atoms with van der Waals surface area (Å²) in [6.45, 7) is 12.5. The monoisotopic (exact) mass is 709 g/mol. The zero-order valence-electron chi connectivity index (χ0n) is 31.2. The van der Waals surface area contributed by atoms with E-state index >= 15 is 0 Å². The second kappa shape index (κ2) is 16.4. The Morgan fingerprint density at radius 3 is 2.38 bits per heavy atom. The topological polar surface area (TPSA) is 20.5 Å². The lowest BCUT2D eigenvalue weighted by molar-refractivity contribution is 0.947. The molecule has 4 heterocycles. The normalized spacial score (nSPS) is 20.3. The third-order valence-corrected chi connectivity index (χ3v) is 10.7. The van der Waals surface area contributed by atoms with Gasteiger partial charge >= 0.3 is 0 Å². The van der Waals surface area contributed by atoms with Crippen LogP contribution in [0.3, 0.4) is 0 Å². The van der Waals surface area contributed by atoms with Crippen molar-refractivity contribution in [3.05, 3.63) is 193 Å². The van der Waals surface area contributed by atoms with Gasteiger partial charge in [-0.25, -0.2) is 4.99 Å². The predicted molar refractivity (Wildman–Crippen MR) is 232 cm³/mol. The molecular weight excluding hydrogens is 663 g/mol. The third-order valence-electron chi connectivity index (χ3n) is 9.62. The van der Waals surface area contributed by atoms with Crippen LogP contribution in [-0.4, -0.2) is 16.0 Å². The highest BCUT2D eigenvalue weighted by molar-refractivity contribution is 7.99. The fraction of sp³-hybridized carbons (Fsp3) is 0.163. The summed E-state index contributed by atoms with van der Waals surface area (Å²) in [5.41, 5.74) is 11.4. The van der Waals surface area contributed by atoms with Crippen LogP contribution in [-0.2, 0) is 0 Å². The summed E-state index contributed by atoms with van der Waals surface area (Å²) in [6, 6.07) is 32.7. The summed E-state index contributed by atoms with van der Waals surface area (Å²) in [5, 5.41) is 2.56. The summed E-state index contributed by atoms with van der Waals surface area (Å²) in [5.74, 6) is 1.96. The average Bonchev–Trinajstić information content (AvgIpc) is 3.40. The van der Waals surface area contributed by atoms with E-state index in [0.717, 1.165) is 47.0 Å². The molecule has 3 nitrogen and oxygen atoms in total. The molecule has 5 aromatic rings. The number of benzene rings is 4. The molecule has 3 aliphatic heterocycles. The Hall–Kier alpha value is -5.58. The summed E-state index contributed by atoms with van der Waals surface area (Å²) in [4.78, 5) is 9.09. The van der Waals surface area contributed by atoms with Crippen LogP contribution in [0.2, 0.25) is 0 Å². The molecule has 2 bridgehead atoms. The molecule has 4 aromatic carbocycles. The summed E-state index contributed by atoms with van der Waals surface area (Å²) in [6.07, 6.45) is 26.6. The van der Waals surface area contributed by atoms with E-state index in [0.29, 0.717) is 0 Å². The number of aliphatic imine (C=N–C) groups is 1. The minimum absolute atomic E-state index is 0.138. The molecule has 53 heavy (non-hydrogen) atoms. The lowest BCUT2D eigenvalue weighted by atomic mass is 9.86. The van der Waals surface area contributed by atoms with Crippen molar-refractivity contribution in [3.8, 4) is 5.69 Å². The largest absolute Gasteiger partial charge is 0.309 e. The van der Waals surface area contributed by atoms with Crippen LogP contribution in [0.25, 0.3) is 33.1 Å². The van der Waals surface area contributed by atoms with Gasteiger partial charge in [-0.3, -0.25) is 4.90 Å². The number of thioether (sulfide) groups is 1. The number of hydrogen-bond donors (Lipinski definition) is 0. The van der Waals surface area contributed by atoms with Gasteiger partial charge in [0.1, 0.15) is 5.82 Å². The standard InChI is InChI=1S/C45H35N3S.2C2H6/c1-31-29-32(16-14-28-49-42-24-12-9-20-36(31)42)38-22-10-13-25-43(46-38)48-35-19-7-2-4-15-33(30-35)44-40(48)26-27-41-45(44)37-21-8-11-23-39(37)47(41)34-17-5-3-6-18-34;2*1-2/h3-12,14-27,29-30,33H,1-2,13,28H2;2*1-2H3/b15-4-,16-14-,19-7-,32-29+;;. The number of fused-ring (bicyclic) bond motifs is 8. The van der Waals surface area contributed by atoms with E-state index < -0.39 is 0 Å². The number of anilines is 1. The Kier molecular flexibility index (Phi) is 11.1. The molecule has 264 valence electrons. The number of para-hydroxylation sites is 2. The van der Waals surface area contributed by atoms with E-state index in [1.165, 1.54) is 49.2 Å². The second-order valence-electron chi connectivity index (χ2n) is 12.6. The molecule has 4 heteroatoms. The van der Waals surface area contributed by atoms with Gasteiger partial charge in [0.05, 0.1) is 22.4 Å². The van der Waals surface area contributed by atoms with Gasteiger partial charge in [-0.1, -0.05) is 125 Å². The molecule has 0 N–H and O–H groups in total. The van der Waals surface area contributed by atoms with Crippen molar-refractivity contribution >= 4 is 50.5 Å². The van der Waals surface area contributed by atoms with Gasteiger partial charge in [0.2, 0.25) is 0 Å². The highest BCUT2D eigenvalue weighted by Gasteiger charge is 2.31. The van der Waals surface area contributed by atoms with Gasteiger partial charge in [0.15, 0.2) is 0 Å². The minimum atomic E-state index is 0.138. The number of rotatable bonds is 3. The quantitative estimate of drug-likeness (QED) is 0.174. The first-order valence-electron chi connectivity index (χ1n) is 19.0. The first-order chi connectivity index (χ1) is 26.2. The minimum Gasteiger partial charge on any atom is -0.309 e. The van der Waals surface area contributed by atoms with Gasteiger partial charge in [-0.15, -0.1) is 11.8 Å². The highest BCUT2D eigenvalue weighted by Crippen LogP contribution is 2.48. The Morgan fingerprint density at radius 1 is 0.736 bits per heavy atom. The Morgan fingerprint density at radius 2 is 1.51 bits per heavy atom. The lowest BCUT2D eigenvalue weighted by Gasteiger charge is -2.35. The highest BCUT2D eigenvalue weighted by atomic mass is 32.2. The maximum atomic E-state index is 5.46. The van der Waals surface area contributed by atoms with Crippen LogP contribution in [0.4, 0.5) is 5.69 Å². The second-order valence-corrected chi connectivity index (χ2v) is 13.7. The van der Waals surface area contributed by atoms with Gasteiger partial charge in [-0.2, -0.15) is 0 Å². The van der Waals surface area contributed by atoms with Crippen molar-refractivity contribution in [2.24, 2.45) is 4.99 Å². The molecule has 0 amide bonds. The molecule has 1 atom stereocenters. The van der Waals surface area contributed by atoms with E-state index in [1.807, 2.05) is 39.5 Å². The summed E-state index contributed by atoms with van der Waals surface area (Å²) < 4.78 is 2.41. The molecule has 0 saturated heterocycles. The van der Waals surface area contributed by atoms with E-state index in [9.17, 15) is 0 Å². The fourth-order valence-corrected chi connectivity index (χ4v) is 8.38. The maximum Gasteiger partial charge on any atom is 0.134 e. The maximum absolute atomic E-state index is 5.46. The van der Waals surface area contributed by atoms with Crippen molar-refractivity contribution in [2.75, 3.05) is 10.7 Å². The number of allylic oxidation sites excluding steroid dienone is 12. The van der Waals surface area contributed by atoms with Crippen LogP contribution in [0.5, 0.6) is 0 Å². The smallest absolute Gasteiger partial charge is 0.134 e. The zero-order chi connectivity index (χ0) is 36.7. The molecular formula is C49H47N3S. The van der Waals surface area contributed by atoms with Gasteiger partial charge in [0.25, 0.3) is 0 Å². The SMILES string of the molecule is C=C1/C=C(C2=NC(N3C4=CC(/C=C\C/C=C\4)c4c3ccc3c4c4ccccc4n3-c3ccccc3)=CCC=C2)\C=C/CSc2ccccc21.CC.CC. The van der Waals surface area contributed by atoms with E-state index in [2.05, 4.69) is 174 Å². The lowest BCUT2D eigenvalue weighted by Crippen LogP contribution is -2.26. The number of nitrogens with zero attached hydrogens (tertiary/aromatic N) is 3. The van der Waals surface area contributed by atoms with Crippen LogP contribution in [0, 0.1) is 0 Å². The zero-order valence-corrected chi connectivity index (χ0v) is 32.0. The molecule has 0 spiro atoms. The summed E-state index contributed by atoms with van der Waals surface area (Å²) in [7, 11) is 0. The first kappa shape index (κ1) is 35.8. The van der Waals surface area contributed by atoms with E-state index in [-0.39, 0.29) is 5.92 Å². The van der Waals surface area contributed by atoms with Crippen molar-refractivity contribution in [3.63, 3.8) is 0 Å². The van der Waals surface area contributed by atoms with Crippen LogP contribution < -0.4 is 4.90 Å². The predicted octanol–water partition coefficient (Wildman–Crippen LogP) is 13.7. The van der Waals surface area contributed by atoms with Crippen molar-refractivity contribution in [1.82, 2.24) is 4.57 Å². The average molecular weight is 710 g/mol. The van der Waals surface area contributed by atoms with Crippen molar-refractivity contribution < 1.29 is 0 Å². The van der Waals surface area contributed by atoms with E-state index in [4.69, 9.17) is 4.99 Å². The molecule has 1 aliphatic carbocycles. The van der Waals surface area contributed by atoms with Gasteiger partial charge in [0, 0.05) is 44.3 Å². The molecule has 4 aliphatic rings. The van der Waals surface area contributed by atoms with Crippen molar-refractivity contribution in [2.45, 2.75) is 51.3 Å². The molecule has 0 saturated carbocycles. The Balaban J connectivity index is 0.00000105.